The Labute approximate surface area is 114 Å². The van der Waals surface area contributed by atoms with Gasteiger partial charge >= 0.3 is 5.76 Å². The molecule has 0 saturated carbocycles. The highest BCUT2D eigenvalue weighted by atomic mass is 16.4. The molecule has 104 valence electrons. The molecule has 0 bridgehead atoms. The summed E-state index contributed by atoms with van der Waals surface area (Å²) in [5, 5.41) is 2.25. The normalized spacial score (nSPS) is 19.4. The van der Waals surface area contributed by atoms with E-state index in [0.29, 0.717) is 17.5 Å². The Balaban J connectivity index is 2.12. The van der Waals surface area contributed by atoms with Crippen molar-refractivity contribution < 1.29 is 14.0 Å². The number of aryl methyl sites for hydroxylation is 1. The van der Waals surface area contributed by atoms with E-state index in [2.05, 4.69) is 5.32 Å². The summed E-state index contributed by atoms with van der Waals surface area (Å²) in [6.45, 7) is 2.01. The number of nitrogens with zero attached hydrogens (tertiary/aromatic N) is 1. The van der Waals surface area contributed by atoms with Gasteiger partial charge in [0, 0.05) is 6.42 Å². The van der Waals surface area contributed by atoms with E-state index in [4.69, 9.17) is 4.42 Å². The minimum absolute atomic E-state index is 0.225. The molecule has 1 saturated heterocycles. The lowest BCUT2D eigenvalue weighted by Crippen LogP contribution is -2.43. The Kier molecular flexibility index (Phi) is 2.93. The summed E-state index contributed by atoms with van der Waals surface area (Å²) in [6, 6.07) is 4.80. The summed E-state index contributed by atoms with van der Waals surface area (Å²) in [5.41, 5.74) is 2.11. The number of piperidine rings is 1. The standard InChI is InChI=1S/C14H14N2O4/c1-2-8-3-4-9-11(7-8)20-14(19)16(9)10-5-6-12(17)15-13(10)18/h3-4,7,10H,2,5-6H2,1H3,(H,15,17,18). The van der Waals surface area contributed by atoms with Gasteiger partial charge in [-0.15, -0.1) is 0 Å². The maximum Gasteiger partial charge on any atom is 0.420 e. The fourth-order valence-electron chi connectivity index (χ4n) is 2.52. The molecule has 20 heavy (non-hydrogen) atoms. The molecular formula is C14H14N2O4. The third kappa shape index (κ3) is 1.93. The molecule has 2 heterocycles. The van der Waals surface area contributed by atoms with Crippen LogP contribution in [0.2, 0.25) is 0 Å². The number of amides is 2. The molecule has 1 aromatic heterocycles. The van der Waals surface area contributed by atoms with Crippen molar-refractivity contribution >= 4 is 22.9 Å². The van der Waals surface area contributed by atoms with Crippen LogP contribution in [-0.4, -0.2) is 16.4 Å². The lowest BCUT2D eigenvalue weighted by molar-refractivity contribution is -0.135. The van der Waals surface area contributed by atoms with Gasteiger partial charge in [0.15, 0.2) is 5.58 Å². The van der Waals surface area contributed by atoms with Crippen LogP contribution in [0.5, 0.6) is 0 Å². The molecule has 1 fully saturated rings. The zero-order valence-corrected chi connectivity index (χ0v) is 11.0. The third-order valence-corrected chi connectivity index (χ3v) is 3.61. The van der Waals surface area contributed by atoms with Crippen LogP contribution < -0.4 is 11.1 Å². The first-order chi connectivity index (χ1) is 9.60. The van der Waals surface area contributed by atoms with Crippen molar-refractivity contribution in [1.29, 1.82) is 0 Å². The minimum Gasteiger partial charge on any atom is -0.408 e. The molecule has 1 unspecified atom stereocenters. The Morgan fingerprint density at radius 3 is 2.85 bits per heavy atom. The largest absolute Gasteiger partial charge is 0.420 e. The maximum atomic E-state index is 12.0. The zero-order chi connectivity index (χ0) is 14.3. The average molecular weight is 274 g/mol. The Morgan fingerprint density at radius 2 is 2.15 bits per heavy atom. The monoisotopic (exact) mass is 274 g/mol. The van der Waals surface area contributed by atoms with Crippen LogP contribution in [0.3, 0.4) is 0 Å². The lowest BCUT2D eigenvalue weighted by Gasteiger charge is -2.21. The van der Waals surface area contributed by atoms with Gasteiger partial charge in [0.05, 0.1) is 5.52 Å². The molecule has 2 amide bonds. The van der Waals surface area contributed by atoms with E-state index in [1.54, 1.807) is 12.1 Å². The van der Waals surface area contributed by atoms with Crippen LogP contribution in [0, 0.1) is 0 Å². The fourth-order valence-corrected chi connectivity index (χ4v) is 2.52. The average Bonchev–Trinajstić information content (AvgIpc) is 2.74. The van der Waals surface area contributed by atoms with Gasteiger partial charge in [-0.05, 0) is 30.5 Å². The summed E-state index contributed by atoms with van der Waals surface area (Å²) >= 11 is 0. The van der Waals surface area contributed by atoms with E-state index >= 15 is 0 Å². The van der Waals surface area contributed by atoms with Crippen molar-refractivity contribution in [3.8, 4) is 0 Å². The molecule has 0 aliphatic carbocycles. The smallest absolute Gasteiger partial charge is 0.408 e. The fraction of sp³-hybridized carbons (Fsp3) is 0.357. The number of hydrogen-bond acceptors (Lipinski definition) is 4. The van der Waals surface area contributed by atoms with Crippen molar-refractivity contribution in [2.45, 2.75) is 32.2 Å². The van der Waals surface area contributed by atoms with E-state index < -0.39 is 17.7 Å². The van der Waals surface area contributed by atoms with Crippen LogP contribution >= 0.6 is 0 Å². The second-order valence-electron chi connectivity index (χ2n) is 4.86. The molecule has 2 aromatic rings. The Morgan fingerprint density at radius 1 is 1.35 bits per heavy atom. The number of rotatable bonds is 2. The molecule has 0 spiro atoms. The van der Waals surface area contributed by atoms with E-state index in [1.807, 2.05) is 13.0 Å². The summed E-state index contributed by atoms with van der Waals surface area (Å²) in [6.07, 6.45) is 1.38. The maximum absolute atomic E-state index is 12.0. The van der Waals surface area contributed by atoms with Crippen LogP contribution in [0.1, 0.15) is 31.4 Å². The topological polar surface area (TPSA) is 81.3 Å². The molecule has 1 atom stereocenters. The molecule has 1 aliphatic heterocycles. The van der Waals surface area contributed by atoms with Crippen molar-refractivity contribution in [2.24, 2.45) is 0 Å². The van der Waals surface area contributed by atoms with Crippen LogP contribution in [0.15, 0.2) is 27.4 Å². The molecule has 1 aliphatic rings. The van der Waals surface area contributed by atoms with Gasteiger partial charge in [0.25, 0.3) is 0 Å². The van der Waals surface area contributed by atoms with E-state index in [-0.39, 0.29) is 12.3 Å². The SMILES string of the molecule is CCc1ccc2c(c1)oc(=O)n2C1CCC(=O)NC1=O. The number of carbonyl (C=O) groups excluding carboxylic acids is 2. The molecule has 0 radical (unpaired) electrons. The minimum atomic E-state index is -0.686. The van der Waals surface area contributed by atoms with Crippen molar-refractivity contribution in [1.82, 2.24) is 9.88 Å². The second kappa shape index (κ2) is 4.63. The molecule has 6 heteroatoms. The third-order valence-electron chi connectivity index (χ3n) is 3.61. The lowest BCUT2D eigenvalue weighted by atomic mass is 10.1. The highest BCUT2D eigenvalue weighted by Crippen LogP contribution is 2.23. The first kappa shape index (κ1) is 12.7. The van der Waals surface area contributed by atoms with Gasteiger partial charge in [-0.3, -0.25) is 19.5 Å². The number of carbonyl (C=O) groups is 2. The summed E-state index contributed by atoms with van der Waals surface area (Å²) in [4.78, 5) is 35.1. The number of fused-ring (bicyclic) bond motifs is 1. The van der Waals surface area contributed by atoms with Crippen molar-refractivity contribution in [3.63, 3.8) is 0 Å². The van der Waals surface area contributed by atoms with Gasteiger partial charge in [0.2, 0.25) is 11.8 Å². The predicted molar refractivity (Wildman–Crippen MR) is 71.3 cm³/mol. The first-order valence-corrected chi connectivity index (χ1v) is 6.58. The van der Waals surface area contributed by atoms with E-state index in [9.17, 15) is 14.4 Å². The van der Waals surface area contributed by atoms with Crippen LogP contribution in [0.4, 0.5) is 0 Å². The Hall–Kier alpha value is -2.37. The Bertz CT molecular complexity index is 756. The number of benzene rings is 1. The number of hydrogen-bond donors (Lipinski definition) is 1. The predicted octanol–water partition coefficient (Wildman–Crippen LogP) is 1.13. The molecular weight excluding hydrogens is 260 g/mol. The number of aromatic nitrogens is 1. The van der Waals surface area contributed by atoms with Crippen LogP contribution in [-0.2, 0) is 16.0 Å². The summed E-state index contributed by atoms with van der Waals surface area (Å²) in [7, 11) is 0. The van der Waals surface area contributed by atoms with Gasteiger partial charge in [-0.2, -0.15) is 0 Å². The van der Waals surface area contributed by atoms with Gasteiger partial charge in [-0.25, -0.2) is 4.79 Å². The molecule has 1 aromatic carbocycles. The van der Waals surface area contributed by atoms with E-state index in [1.165, 1.54) is 4.57 Å². The van der Waals surface area contributed by atoms with E-state index in [0.717, 1.165) is 12.0 Å². The van der Waals surface area contributed by atoms with Crippen molar-refractivity contribution in [2.75, 3.05) is 0 Å². The number of imide groups is 1. The van der Waals surface area contributed by atoms with Crippen molar-refractivity contribution in [3.05, 3.63) is 34.3 Å². The van der Waals surface area contributed by atoms with Crippen LogP contribution in [0.25, 0.3) is 11.1 Å². The van der Waals surface area contributed by atoms with Gasteiger partial charge in [0.1, 0.15) is 6.04 Å². The molecule has 6 nitrogen and oxygen atoms in total. The molecule has 3 rings (SSSR count). The number of oxazole rings is 1. The highest BCUT2D eigenvalue weighted by molar-refractivity contribution is 6.00. The summed E-state index contributed by atoms with van der Waals surface area (Å²) < 4.78 is 6.54. The quantitative estimate of drug-likeness (QED) is 0.832. The molecule has 1 N–H and O–H groups in total. The summed E-state index contributed by atoms with van der Waals surface area (Å²) in [5.74, 6) is -1.33. The second-order valence-corrected chi connectivity index (χ2v) is 4.86. The first-order valence-electron chi connectivity index (χ1n) is 6.58. The highest BCUT2D eigenvalue weighted by Gasteiger charge is 2.31. The van der Waals surface area contributed by atoms with Gasteiger partial charge in [-0.1, -0.05) is 13.0 Å². The van der Waals surface area contributed by atoms with Gasteiger partial charge < -0.3 is 4.42 Å². The number of nitrogens with one attached hydrogen (secondary N) is 1. The zero-order valence-electron chi connectivity index (χ0n) is 11.0.